The molecule has 2 aromatic carbocycles. The number of nitrogens with zero attached hydrogens (tertiary/aromatic N) is 3. The molecule has 2 unspecified atom stereocenters. The van der Waals surface area contributed by atoms with Crippen molar-refractivity contribution in [3.8, 4) is 0 Å². The van der Waals surface area contributed by atoms with Gasteiger partial charge in [-0.15, -0.1) is 0 Å². The molecule has 1 fully saturated rings. The van der Waals surface area contributed by atoms with Crippen molar-refractivity contribution in [2.24, 2.45) is 5.92 Å². The summed E-state index contributed by atoms with van der Waals surface area (Å²) in [5.41, 5.74) is -0.564. The highest BCUT2D eigenvalue weighted by Crippen LogP contribution is 2.54. The Bertz CT molecular complexity index is 1910. The molecule has 4 heterocycles. The van der Waals surface area contributed by atoms with Crippen LogP contribution in [0.5, 0.6) is 0 Å². The number of alkyl halides is 3. The number of ether oxygens (including phenoxy) is 1. The molecule has 2 aliphatic rings. The highest BCUT2D eigenvalue weighted by molar-refractivity contribution is 8.00. The number of amides is 3. The molecule has 4 aromatic rings. The SMILES string of the molecule is CCOC(=O)c1ccc(NC(=O)Cn2c3c(sc2=O)[C@H](c2cccnc2)C2C(=O)N(c4ccccc4C(F)(F)F)C(=O)C2S3)cc1. The van der Waals surface area contributed by atoms with Gasteiger partial charge < -0.3 is 10.1 Å². The van der Waals surface area contributed by atoms with Crippen molar-refractivity contribution in [1.82, 2.24) is 9.55 Å². The van der Waals surface area contributed by atoms with Crippen molar-refractivity contribution in [1.29, 1.82) is 0 Å². The van der Waals surface area contributed by atoms with Crippen LogP contribution in [-0.4, -0.2) is 45.1 Å². The first-order valence-corrected chi connectivity index (χ1v) is 15.6. The number of thioether (sulfide) groups is 1. The van der Waals surface area contributed by atoms with Crippen molar-refractivity contribution in [3.63, 3.8) is 0 Å². The van der Waals surface area contributed by atoms with E-state index in [1.54, 1.807) is 19.1 Å². The molecule has 0 radical (unpaired) electrons. The van der Waals surface area contributed by atoms with Gasteiger partial charge in [-0.3, -0.25) is 28.7 Å². The van der Waals surface area contributed by atoms with E-state index in [0.29, 0.717) is 21.0 Å². The molecule has 1 N–H and O–H groups in total. The van der Waals surface area contributed by atoms with Crippen LogP contribution in [0.4, 0.5) is 24.5 Å². The molecule has 1 saturated heterocycles. The predicted molar refractivity (Wildman–Crippen MR) is 163 cm³/mol. The van der Waals surface area contributed by atoms with Crippen molar-refractivity contribution in [2.75, 3.05) is 16.8 Å². The maximum absolute atomic E-state index is 13.9. The number of carbonyl (C=O) groups excluding carboxylic acids is 4. The molecule has 0 aliphatic carbocycles. The minimum Gasteiger partial charge on any atom is -0.462 e. The molecule has 0 spiro atoms. The first-order chi connectivity index (χ1) is 22.0. The number of thiazole rings is 1. The summed E-state index contributed by atoms with van der Waals surface area (Å²) < 4.78 is 48.0. The molecule has 10 nitrogen and oxygen atoms in total. The third-order valence-electron chi connectivity index (χ3n) is 7.52. The van der Waals surface area contributed by atoms with Gasteiger partial charge in [0, 0.05) is 28.9 Å². The highest BCUT2D eigenvalue weighted by atomic mass is 32.2. The number of hydrogen-bond acceptors (Lipinski definition) is 9. The first-order valence-electron chi connectivity index (χ1n) is 13.9. The van der Waals surface area contributed by atoms with Gasteiger partial charge in [-0.05, 0) is 55.0 Å². The summed E-state index contributed by atoms with van der Waals surface area (Å²) in [4.78, 5) is 70.7. The number of rotatable bonds is 7. The van der Waals surface area contributed by atoms with Crippen LogP contribution in [0.1, 0.15) is 39.2 Å². The third kappa shape index (κ3) is 5.60. The Morgan fingerprint density at radius 2 is 1.74 bits per heavy atom. The summed E-state index contributed by atoms with van der Waals surface area (Å²) in [5, 5.41) is 1.76. The van der Waals surface area contributed by atoms with Crippen molar-refractivity contribution in [2.45, 2.75) is 35.8 Å². The van der Waals surface area contributed by atoms with E-state index >= 15 is 0 Å². The van der Waals surface area contributed by atoms with Crippen molar-refractivity contribution < 1.29 is 37.1 Å². The smallest absolute Gasteiger partial charge is 0.418 e. The van der Waals surface area contributed by atoms with Crippen LogP contribution in [-0.2, 0) is 31.8 Å². The Morgan fingerprint density at radius 3 is 2.41 bits per heavy atom. The van der Waals surface area contributed by atoms with E-state index in [1.807, 2.05) is 0 Å². The zero-order valence-electron chi connectivity index (χ0n) is 23.8. The Kier molecular flexibility index (Phi) is 8.29. The van der Waals surface area contributed by atoms with Crippen LogP contribution in [0.25, 0.3) is 0 Å². The normalized spacial score (nSPS) is 19.0. The number of pyridine rings is 1. The Labute approximate surface area is 267 Å². The van der Waals surface area contributed by atoms with E-state index in [1.165, 1.54) is 53.4 Å². The lowest BCUT2D eigenvalue weighted by atomic mass is 9.84. The molecular weight excluding hydrogens is 645 g/mol. The maximum atomic E-state index is 13.9. The molecule has 2 aliphatic heterocycles. The quantitative estimate of drug-likeness (QED) is 0.217. The number of aromatic nitrogens is 2. The molecule has 6 rings (SSSR count). The summed E-state index contributed by atoms with van der Waals surface area (Å²) in [5.74, 6) is -4.79. The molecule has 0 bridgehead atoms. The average molecular weight is 669 g/mol. The van der Waals surface area contributed by atoms with Gasteiger partial charge in [-0.2, -0.15) is 13.2 Å². The number of imide groups is 1. The summed E-state index contributed by atoms with van der Waals surface area (Å²) >= 11 is 1.68. The van der Waals surface area contributed by atoms with Crippen molar-refractivity contribution in [3.05, 3.63) is 104 Å². The highest BCUT2D eigenvalue weighted by Gasteiger charge is 2.57. The second-order valence-corrected chi connectivity index (χ2v) is 12.4. The second kappa shape index (κ2) is 12.2. The Hall–Kier alpha value is -4.76. The summed E-state index contributed by atoms with van der Waals surface area (Å²) in [6.45, 7) is 1.44. The van der Waals surface area contributed by atoms with Crippen LogP contribution in [0.15, 0.2) is 82.9 Å². The Morgan fingerprint density at radius 1 is 1.00 bits per heavy atom. The number of carbonyl (C=O) groups is 4. The topological polar surface area (TPSA) is 128 Å². The standard InChI is InChI=1S/C31H23F3N4O6S2/c1-2-44-29(42)16-9-11-18(12-10-16)36-21(39)15-37-28-25(46-30(37)43)22(17-6-5-13-35-14-17)23-24(45-28)27(41)38(26(23)40)20-8-4-3-7-19(20)31(32,33)34/h3-14,22-24H,2,15H2,1H3,(H,36,39)/t22-,23?,24?/m1/s1. The lowest BCUT2D eigenvalue weighted by Gasteiger charge is -2.30. The molecule has 0 saturated carbocycles. The van der Waals surface area contributed by atoms with Gasteiger partial charge in [-0.1, -0.05) is 41.3 Å². The maximum Gasteiger partial charge on any atom is 0.418 e. The number of hydrogen-bond donors (Lipinski definition) is 1. The van der Waals surface area contributed by atoms with Gasteiger partial charge in [0.05, 0.1) is 34.4 Å². The molecule has 46 heavy (non-hydrogen) atoms. The molecule has 2 aromatic heterocycles. The number of benzene rings is 2. The molecule has 3 amide bonds. The fourth-order valence-corrected chi connectivity index (χ4v) is 8.34. The monoisotopic (exact) mass is 668 g/mol. The van der Waals surface area contributed by atoms with E-state index in [9.17, 15) is 37.1 Å². The van der Waals surface area contributed by atoms with E-state index < -0.39 is 69.6 Å². The number of fused-ring (bicyclic) bond motifs is 2. The zero-order valence-corrected chi connectivity index (χ0v) is 25.4. The summed E-state index contributed by atoms with van der Waals surface area (Å²) in [6.07, 6.45) is -1.84. The molecule has 15 heteroatoms. The van der Waals surface area contributed by atoms with Crippen LogP contribution >= 0.6 is 23.1 Å². The number of esters is 1. The second-order valence-electron chi connectivity index (χ2n) is 10.3. The number of nitrogens with one attached hydrogen (secondary N) is 1. The minimum absolute atomic E-state index is 0.205. The summed E-state index contributed by atoms with van der Waals surface area (Å²) in [7, 11) is 0. The van der Waals surface area contributed by atoms with E-state index in [4.69, 9.17) is 4.74 Å². The lowest BCUT2D eigenvalue weighted by Crippen LogP contribution is -2.33. The number of para-hydroxylation sites is 1. The van der Waals surface area contributed by atoms with Gasteiger partial charge in [0.15, 0.2) is 0 Å². The van der Waals surface area contributed by atoms with Crippen LogP contribution < -0.4 is 15.1 Å². The fourth-order valence-electron chi connectivity index (χ4n) is 5.57. The minimum atomic E-state index is -4.83. The first kappa shape index (κ1) is 31.2. The van der Waals surface area contributed by atoms with E-state index in [2.05, 4.69) is 10.3 Å². The third-order valence-corrected chi connectivity index (χ3v) is 10.1. The number of halogens is 3. The molecule has 3 atom stereocenters. The van der Waals surface area contributed by atoms with Crippen LogP contribution in [0, 0.1) is 5.92 Å². The summed E-state index contributed by atoms with van der Waals surface area (Å²) in [6, 6.07) is 13.6. The molecule has 236 valence electrons. The predicted octanol–water partition coefficient (Wildman–Crippen LogP) is 4.93. The largest absolute Gasteiger partial charge is 0.462 e. The van der Waals surface area contributed by atoms with Gasteiger partial charge in [-0.25, -0.2) is 9.69 Å². The number of anilines is 2. The van der Waals surface area contributed by atoms with Gasteiger partial charge in [0.2, 0.25) is 17.7 Å². The fraction of sp³-hybridized carbons (Fsp3) is 0.226. The van der Waals surface area contributed by atoms with Crippen LogP contribution in [0.3, 0.4) is 0 Å². The zero-order chi connectivity index (χ0) is 32.7. The molecular formula is C31H23F3N4O6S2. The average Bonchev–Trinajstić information content (AvgIpc) is 3.47. The van der Waals surface area contributed by atoms with Gasteiger partial charge in [0.25, 0.3) is 0 Å². The van der Waals surface area contributed by atoms with E-state index in [-0.39, 0.29) is 17.2 Å². The van der Waals surface area contributed by atoms with Gasteiger partial charge in [0.1, 0.15) is 11.8 Å². The van der Waals surface area contributed by atoms with Gasteiger partial charge >= 0.3 is 17.0 Å². The Balaban J connectivity index is 1.35. The van der Waals surface area contributed by atoms with Crippen LogP contribution in [0.2, 0.25) is 0 Å². The van der Waals surface area contributed by atoms with E-state index in [0.717, 1.165) is 35.2 Å². The lowest BCUT2D eigenvalue weighted by molar-refractivity contribution is -0.137. The van der Waals surface area contributed by atoms with Crippen molar-refractivity contribution >= 4 is 58.2 Å².